The summed E-state index contributed by atoms with van der Waals surface area (Å²) < 4.78 is 2.13. The van der Waals surface area contributed by atoms with Crippen LogP contribution in [0.25, 0.3) is 16.2 Å². The highest BCUT2D eigenvalue weighted by Gasteiger charge is 2.20. The lowest BCUT2D eigenvalue weighted by atomic mass is 10.1. The van der Waals surface area contributed by atoms with Crippen LogP contribution in [0.4, 0.5) is 0 Å². The van der Waals surface area contributed by atoms with Crippen LogP contribution in [0.5, 0.6) is 0 Å². The minimum atomic E-state index is 0.904. The Hall–Kier alpha value is -2.47. The number of benzene rings is 1. The maximum absolute atomic E-state index is 4.55. The van der Waals surface area contributed by atoms with Crippen LogP contribution in [0, 0.1) is 0 Å². The molecule has 2 N–H and O–H groups in total. The van der Waals surface area contributed by atoms with Crippen LogP contribution in [0.3, 0.4) is 0 Å². The van der Waals surface area contributed by atoms with Gasteiger partial charge in [0.05, 0.1) is 6.21 Å². The van der Waals surface area contributed by atoms with E-state index in [1.165, 1.54) is 19.3 Å². The van der Waals surface area contributed by atoms with Crippen LogP contribution < -0.4 is 9.83 Å². The minimum absolute atomic E-state index is 0.904. The Kier molecular flexibility index (Phi) is 4.38. The molecule has 1 aliphatic rings. The van der Waals surface area contributed by atoms with Crippen molar-refractivity contribution in [1.82, 2.24) is 10.4 Å². The molecule has 0 saturated carbocycles. The molecule has 0 saturated heterocycles. The van der Waals surface area contributed by atoms with Gasteiger partial charge >= 0.3 is 4.96 Å². The van der Waals surface area contributed by atoms with Gasteiger partial charge in [0.25, 0.3) is 0 Å². The number of thiazole rings is 1. The zero-order valence-corrected chi connectivity index (χ0v) is 14.2. The molecule has 1 aliphatic heterocycles. The van der Waals surface area contributed by atoms with E-state index >= 15 is 0 Å². The third-order valence-electron chi connectivity index (χ3n) is 4.17. The highest BCUT2D eigenvalue weighted by Crippen LogP contribution is 2.21. The summed E-state index contributed by atoms with van der Waals surface area (Å²) in [5.74, 6) is 0.993. The van der Waals surface area contributed by atoms with E-state index in [0.29, 0.717) is 0 Å². The van der Waals surface area contributed by atoms with Gasteiger partial charge in [-0.2, -0.15) is 9.50 Å². The molecule has 0 radical (unpaired) electrons. The number of aliphatic imine (C=N–C) groups is 1. The SMILES string of the molecule is C(=N\NC1=NCCCCC1)/c1c(-c2ccccc2)[nH]c2scc[n+]12. The van der Waals surface area contributed by atoms with Gasteiger partial charge in [-0.15, -0.1) is 0 Å². The van der Waals surface area contributed by atoms with Crippen molar-refractivity contribution in [3.63, 3.8) is 0 Å². The van der Waals surface area contributed by atoms with Crippen LogP contribution >= 0.6 is 11.3 Å². The van der Waals surface area contributed by atoms with Crippen LogP contribution in [0.1, 0.15) is 31.4 Å². The van der Waals surface area contributed by atoms with Crippen LogP contribution in [-0.4, -0.2) is 23.6 Å². The fourth-order valence-corrected chi connectivity index (χ4v) is 3.68. The fourth-order valence-electron chi connectivity index (χ4n) is 2.94. The van der Waals surface area contributed by atoms with E-state index in [-0.39, 0.29) is 0 Å². The molecular weight excluding hydrogens is 318 g/mol. The summed E-state index contributed by atoms with van der Waals surface area (Å²) in [6, 6.07) is 10.3. The largest absolute Gasteiger partial charge is 0.344 e. The number of nitrogens with zero attached hydrogens (tertiary/aromatic N) is 3. The lowest BCUT2D eigenvalue weighted by Crippen LogP contribution is -2.23. The predicted molar refractivity (Wildman–Crippen MR) is 98.8 cm³/mol. The molecule has 2 aromatic heterocycles. The zero-order valence-electron chi connectivity index (χ0n) is 13.4. The lowest BCUT2D eigenvalue weighted by molar-refractivity contribution is -0.506. The number of H-pyrrole nitrogens is 1. The van der Waals surface area contributed by atoms with E-state index in [0.717, 1.165) is 40.7 Å². The molecular formula is C18H20N5S+. The Labute approximate surface area is 144 Å². The van der Waals surface area contributed by atoms with Crippen molar-refractivity contribution >= 4 is 28.3 Å². The highest BCUT2D eigenvalue weighted by molar-refractivity contribution is 7.14. The van der Waals surface area contributed by atoms with Gasteiger partial charge < -0.3 is 0 Å². The van der Waals surface area contributed by atoms with Gasteiger partial charge in [-0.05, 0) is 12.8 Å². The average molecular weight is 338 g/mol. The van der Waals surface area contributed by atoms with E-state index in [1.807, 2.05) is 24.4 Å². The molecule has 1 aromatic carbocycles. The smallest absolute Gasteiger partial charge is 0.271 e. The Morgan fingerprint density at radius 3 is 3.04 bits per heavy atom. The molecule has 0 aliphatic carbocycles. The van der Waals surface area contributed by atoms with Crippen LogP contribution in [-0.2, 0) is 0 Å². The molecule has 0 atom stereocenters. The van der Waals surface area contributed by atoms with Gasteiger partial charge in [0.2, 0.25) is 5.69 Å². The number of aromatic nitrogens is 2. The lowest BCUT2D eigenvalue weighted by Gasteiger charge is -2.01. The quantitative estimate of drug-likeness (QED) is 0.429. The highest BCUT2D eigenvalue weighted by atomic mass is 32.1. The number of hydrogen-bond donors (Lipinski definition) is 2. The van der Waals surface area contributed by atoms with Gasteiger partial charge in [0.15, 0.2) is 5.69 Å². The third-order valence-corrected chi connectivity index (χ3v) is 4.95. The summed E-state index contributed by atoms with van der Waals surface area (Å²) in [5.41, 5.74) is 6.41. The molecule has 3 heterocycles. The second kappa shape index (κ2) is 6.97. The molecule has 24 heavy (non-hydrogen) atoms. The standard InChI is InChI=1S/C18H19N5S/c1-3-7-14(8-4-1)17-15(23-11-12-24-18(23)21-17)13-20-22-16-9-5-2-6-10-19-16/h1,3-4,7-8,11-13H,2,5-6,9-10H2,(H,19,22)/p+1/b20-13+. The number of rotatable bonds is 3. The topological polar surface area (TPSA) is 56.6 Å². The van der Waals surface area contributed by atoms with Crippen molar-refractivity contribution < 1.29 is 4.40 Å². The first kappa shape index (κ1) is 15.1. The molecule has 0 spiro atoms. The van der Waals surface area contributed by atoms with Gasteiger partial charge in [-0.25, -0.2) is 4.98 Å². The first-order valence-electron chi connectivity index (χ1n) is 8.30. The first-order chi connectivity index (χ1) is 11.9. The van der Waals surface area contributed by atoms with Gasteiger partial charge in [-0.3, -0.25) is 10.4 Å². The summed E-state index contributed by atoms with van der Waals surface area (Å²) in [6.07, 6.45) is 8.54. The second-order valence-corrected chi connectivity index (χ2v) is 6.73. The van der Waals surface area contributed by atoms with E-state index in [4.69, 9.17) is 0 Å². The van der Waals surface area contributed by atoms with E-state index in [1.54, 1.807) is 11.3 Å². The van der Waals surface area contributed by atoms with Gasteiger partial charge in [0, 0.05) is 23.9 Å². The Balaban J connectivity index is 1.64. The second-order valence-electron chi connectivity index (χ2n) is 5.84. The summed E-state index contributed by atoms with van der Waals surface area (Å²) in [6.45, 7) is 0.904. The maximum atomic E-state index is 4.55. The van der Waals surface area contributed by atoms with Crippen molar-refractivity contribution in [2.75, 3.05) is 6.54 Å². The average Bonchev–Trinajstić information content (AvgIpc) is 3.10. The number of amidine groups is 1. The van der Waals surface area contributed by atoms with Crippen LogP contribution in [0.15, 0.2) is 52.0 Å². The summed E-state index contributed by atoms with van der Waals surface area (Å²) in [5, 5.41) is 6.52. The Bertz CT molecular complexity index is 875. The number of nitrogens with one attached hydrogen (secondary N) is 2. The molecule has 122 valence electrons. The van der Waals surface area contributed by atoms with E-state index < -0.39 is 0 Å². The van der Waals surface area contributed by atoms with Crippen molar-refractivity contribution in [2.45, 2.75) is 25.7 Å². The molecule has 0 amide bonds. The van der Waals surface area contributed by atoms with Gasteiger partial charge in [0.1, 0.15) is 12.0 Å². The van der Waals surface area contributed by atoms with E-state index in [2.05, 4.69) is 48.6 Å². The van der Waals surface area contributed by atoms with Crippen molar-refractivity contribution in [3.05, 3.63) is 47.6 Å². The van der Waals surface area contributed by atoms with E-state index in [9.17, 15) is 0 Å². The maximum Gasteiger partial charge on any atom is 0.344 e. The zero-order chi connectivity index (χ0) is 16.2. The summed E-state index contributed by atoms with van der Waals surface area (Å²) in [4.78, 5) is 9.14. The minimum Gasteiger partial charge on any atom is -0.271 e. The van der Waals surface area contributed by atoms with Crippen molar-refractivity contribution in [3.8, 4) is 11.3 Å². The number of hydrogen-bond acceptors (Lipinski definition) is 4. The first-order valence-corrected chi connectivity index (χ1v) is 9.18. The molecule has 0 bridgehead atoms. The Morgan fingerprint density at radius 1 is 1.21 bits per heavy atom. The summed E-state index contributed by atoms with van der Waals surface area (Å²) in [7, 11) is 0. The number of imidazole rings is 1. The van der Waals surface area contributed by atoms with Crippen molar-refractivity contribution in [2.24, 2.45) is 10.1 Å². The monoisotopic (exact) mass is 338 g/mol. The molecule has 0 fully saturated rings. The molecule has 5 nitrogen and oxygen atoms in total. The molecule has 4 rings (SSSR count). The molecule has 3 aromatic rings. The number of fused-ring (bicyclic) bond motifs is 1. The van der Waals surface area contributed by atoms with Gasteiger partial charge in [-0.1, -0.05) is 48.1 Å². The van der Waals surface area contributed by atoms with Crippen molar-refractivity contribution in [1.29, 1.82) is 0 Å². The molecule has 0 unspecified atom stereocenters. The number of hydrazone groups is 1. The number of aromatic amines is 1. The molecule has 6 heteroatoms. The third kappa shape index (κ3) is 3.10. The Morgan fingerprint density at radius 2 is 2.12 bits per heavy atom. The summed E-state index contributed by atoms with van der Waals surface area (Å²) >= 11 is 1.68. The fraction of sp³-hybridized carbons (Fsp3) is 0.278. The predicted octanol–water partition coefficient (Wildman–Crippen LogP) is 3.38. The normalized spacial score (nSPS) is 15.6. The van der Waals surface area contributed by atoms with Crippen LogP contribution in [0.2, 0.25) is 0 Å².